The van der Waals surface area contributed by atoms with Crippen molar-refractivity contribution in [3.8, 4) is 0 Å². The monoisotopic (exact) mass is 631 g/mol. The lowest BCUT2D eigenvalue weighted by molar-refractivity contribution is 0.221. The Kier molecular flexibility index (Phi) is 9.00. The Balaban J connectivity index is 1.60. The van der Waals surface area contributed by atoms with Gasteiger partial charge in [-0.05, 0) is 47.3 Å². The SMILES string of the molecule is CCc1cn([C@H]2C[C@@H](CO[Si](c3ccccc3)(c3ccccc3)C(C)(C)C)N(S(=O)(=O)c3ccc(C)cc3)C2)c(=O)[nH]c1=O. The van der Waals surface area contributed by atoms with E-state index in [4.69, 9.17) is 4.43 Å². The minimum atomic E-state index is -3.93. The molecule has 0 bridgehead atoms. The van der Waals surface area contributed by atoms with Gasteiger partial charge in [0.25, 0.3) is 13.9 Å². The number of hydrogen-bond acceptors (Lipinski definition) is 5. The Morgan fingerprint density at radius 1 is 0.909 bits per heavy atom. The van der Waals surface area contributed by atoms with E-state index in [1.54, 1.807) is 30.5 Å². The highest BCUT2D eigenvalue weighted by Gasteiger charge is 2.51. The first-order valence-corrected chi connectivity index (χ1v) is 18.4. The van der Waals surface area contributed by atoms with Gasteiger partial charge in [-0.15, -0.1) is 0 Å². The maximum atomic E-state index is 14.2. The predicted octanol–water partition coefficient (Wildman–Crippen LogP) is 3.99. The van der Waals surface area contributed by atoms with E-state index in [1.165, 1.54) is 8.87 Å². The van der Waals surface area contributed by atoms with Crippen molar-refractivity contribution in [3.05, 3.63) is 123 Å². The predicted molar refractivity (Wildman–Crippen MR) is 177 cm³/mol. The maximum Gasteiger partial charge on any atom is 0.328 e. The zero-order valence-corrected chi connectivity index (χ0v) is 27.8. The summed E-state index contributed by atoms with van der Waals surface area (Å²) in [7, 11) is -6.90. The van der Waals surface area contributed by atoms with Crippen molar-refractivity contribution < 1.29 is 12.8 Å². The van der Waals surface area contributed by atoms with Crippen LogP contribution in [-0.4, -0.2) is 49.8 Å². The van der Waals surface area contributed by atoms with Gasteiger partial charge < -0.3 is 4.43 Å². The Morgan fingerprint density at radius 3 is 2.00 bits per heavy atom. The summed E-state index contributed by atoms with van der Waals surface area (Å²) in [5.41, 5.74) is 0.479. The smallest absolute Gasteiger partial charge is 0.328 e. The van der Waals surface area contributed by atoms with Crippen LogP contribution in [0.4, 0.5) is 0 Å². The molecule has 44 heavy (non-hydrogen) atoms. The molecule has 0 unspecified atom stereocenters. The van der Waals surface area contributed by atoms with Crippen LogP contribution < -0.4 is 21.6 Å². The number of rotatable bonds is 9. The van der Waals surface area contributed by atoms with Crippen LogP contribution in [0, 0.1) is 6.92 Å². The van der Waals surface area contributed by atoms with Crippen LogP contribution >= 0.6 is 0 Å². The van der Waals surface area contributed by atoms with E-state index < -0.39 is 41.7 Å². The van der Waals surface area contributed by atoms with E-state index in [-0.39, 0.29) is 23.1 Å². The normalized spacial score (nSPS) is 18.0. The second kappa shape index (κ2) is 12.4. The first-order valence-electron chi connectivity index (χ1n) is 15.1. The lowest BCUT2D eigenvalue weighted by atomic mass is 10.1. The van der Waals surface area contributed by atoms with Gasteiger partial charge in [0.1, 0.15) is 0 Å². The Morgan fingerprint density at radius 2 is 1.48 bits per heavy atom. The number of benzene rings is 3. The summed E-state index contributed by atoms with van der Waals surface area (Å²) >= 11 is 0. The minimum absolute atomic E-state index is 0.0834. The fourth-order valence-electron chi connectivity index (χ4n) is 6.39. The van der Waals surface area contributed by atoms with Gasteiger partial charge in [-0.2, -0.15) is 4.31 Å². The van der Waals surface area contributed by atoms with Crippen LogP contribution in [-0.2, 0) is 20.9 Å². The molecule has 10 heteroatoms. The van der Waals surface area contributed by atoms with Crippen LogP contribution in [0.1, 0.15) is 51.3 Å². The summed E-state index contributed by atoms with van der Waals surface area (Å²) < 4.78 is 38.6. The van der Waals surface area contributed by atoms with E-state index in [2.05, 4.69) is 50.0 Å². The van der Waals surface area contributed by atoms with E-state index in [1.807, 2.05) is 50.2 Å². The third-order valence-corrected chi connectivity index (χ3v) is 15.6. The minimum Gasteiger partial charge on any atom is -0.406 e. The van der Waals surface area contributed by atoms with Gasteiger partial charge in [0.05, 0.1) is 17.5 Å². The topological polar surface area (TPSA) is 101 Å². The molecule has 2 atom stereocenters. The molecule has 0 aliphatic carbocycles. The van der Waals surface area contributed by atoms with E-state index >= 15 is 0 Å². The molecule has 1 aromatic heterocycles. The molecule has 1 aliphatic rings. The van der Waals surface area contributed by atoms with E-state index in [9.17, 15) is 18.0 Å². The molecular formula is C34H41N3O5SSi. The lowest BCUT2D eigenvalue weighted by Crippen LogP contribution is -2.67. The zero-order valence-electron chi connectivity index (χ0n) is 26.0. The highest BCUT2D eigenvalue weighted by atomic mass is 32.2. The second-order valence-electron chi connectivity index (χ2n) is 12.6. The molecule has 5 rings (SSSR count). The van der Waals surface area contributed by atoms with Crippen LogP contribution in [0.15, 0.2) is 106 Å². The van der Waals surface area contributed by atoms with Crippen LogP contribution in [0.5, 0.6) is 0 Å². The van der Waals surface area contributed by atoms with Crippen LogP contribution in [0.25, 0.3) is 0 Å². The Bertz CT molecular complexity index is 1780. The number of H-pyrrole nitrogens is 1. The molecule has 3 aromatic carbocycles. The van der Waals surface area contributed by atoms with Gasteiger partial charge in [0.2, 0.25) is 10.0 Å². The molecule has 1 saturated heterocycles. The molecule has 1 fully saturated rings. The first-order chi connectivity index (χ1) is 20.9. The number of sulfonamides is 1. The molecule has 0 radical (unpaired) electrons. The first kappa shape index (κ1) is 31.8. The Hall–Kier alpha value is -3.57. The standard InChI is InChI=1S/C34H41N3O5SSi/c1-6-26-22-36(33(39)35-32(26)38)27-21-28(37(23-27)43(40,41)29-19-17-25(2)18-20-29)24-42-44(34(3,4)5,30-13-9-7-10-14-30)31-15-11-8-12-16-31/h7-20,22,27-28H,6,21,23-24H2,1-5H3,(H,35,38,39)/t27-,28-/m0/s1. The van der Waals surface area contributed by atoms with Gasteiger partial charge in [0.15, 0.2) is 0 Å². The van der Waals surface area contributed by atoms with Crippen molar-refractivity contribution in [2.24, 2.45) is 0 Å². The van der Waals surface area contributed by atoms with Gasteiger partial charge in [-0.3, -0.25) is 14.3 Å². The van der Waals surface area contributed by atoms with Crippen LogP contribution in [0.3, 0.4) is 0 Å². The molecular weight excluding hydrogens is 591 g/mol. The lowest BCUT2D eigenvalue weighted by Gasteiger charge is -2.44. The van der Waals surface area contributed by atoms with Gasteiger partial charge in [-0.25, -0.2) is 13.2 Å². The zero-order chi connectivity index (χ0) is 31.7. The fourth-order valence-corrected chi connectivity index (χ4v) is 12.6. The molecule has 0 spiro atoms. The third kappa shape index (κ3) is 5.91. The summed E-state index contributed by atoms with van der Waals surface area (Å²) in [4.78, 5) is 27.9. The van der Waals surface area contributed by atoms with E-state index in [0.717, 1.165) is 15.9 Å². The summed E-state index contributed by atoms with van der Waals surface area (Å²) in [5, 5.41) is 1.91. The third-order valence-electron chi connectivity index (χ3n) is 8.69. The molecule has 4 aromatic rings. The van der Waals surface area contributed by atoms with Crippen molar-refractivity contribution in [1.29, 1.82) is 0 Å². The molecule has 1 aliphatic heterocycles. The van der Waals surface area contributed by atoms with Gasteiger partial charge >= 0.3 is 5.69 Å². The number of aromatic nitrogens is 2. The van der Waals surface area contributed by atoms with E-state index in [0.29, 0.717) is 18.4 Å². The largest absolute Gasteiger partial charge is 0.406 e. The molecule has 8 nitrogen and oxygen atoms in total. The summed E-state index contributed by atoms with van der Waals surface area (Å²) in [6.45, 7) is 10.5. The summed E-state index contributed by atoms with van der Waals surface area (Å²) in [6, 6.07) is 26.3. The average Bonchev–Trinajstić information content (AvgIpc) is 3.43. The average molecular weight is 632 g/mol. The molecule has 0 saturated carbocycles. The highest BCUT2D eigenvalue weighted by molar-refractivity contribution is 7.89. The number of hydrogen-bond donors (Lipinski definition) is 1. The highest BCUT2D eigenvalue weighted by Crippen LogP contribution is 2.39. The maximum absolute atomic E-state index is 14.2. The Labute approximate surface area is 260 Å². The number of aromatic amines is 1. The van der Waals surface area contributed by atoms with Crippen molar-refractivity contribution in [1.82, 2.24) is 13.9 Å². The van der Waals surface area contributed by atoms with Gasteiger partial charge in [-0.1, -0.05) is 106 Å². The molecule has 2 heterocycles. The number of aryl methyl sites for hydroxylation is 2. The number of nitrogens with one attached hydrogen (secondary N) is 1. The van der Waals surface area contributed by atoms with Crippen LogP contribution in [0.2, 0.25) is 5.04 Å². The van der Waals surface area contributed by atoms with Crippen molar-refractivity contribution in [3.63, 3.8) is 0 Å². The van der Waals surface area contributed by atoms with Gasteiger partial charge in [0, 0.05) is 24.3 Å². The molecule has 232 valence electrons. The summed E-state index contributed by atoms with van der Waals surface area (Å²) in [6.07, 6.45) is 2.39. The molecule has 0 amide bonds. The van der Waals surface area contributed by atoms with Crippen molar-refractivity contribution >= 4 is 28.7 Å². The quantitative estimate of drug-likeness (QED) is 0.282. The number of nitrogens with zero attached hydrogens (tertiary/aromatic N) is 2. The van der Waals surface area contributed by atoms with Crippen molar-refractivity contribution in [2.45, 2.75) is 69.5 Å². The fraction of sp³-hybridized carbons (Fsp3) is 0.353. The summed E-state index contributed by atoms with van der Waals surface area (Å²) in [5.74, 6) is 0. The van der Waals surface area contributed by atoms with Crippen molar-refractivity contribution in [2.75, 3.05) is 13.2 Å². The molecule has 1 N–H and O–H groups in total. The second-order valence-corrected chi connectivity index (χ2v) is 18.8.